The predicted octanol–water partition coefficient (Wildman–Crippen LogP) is 3.08. The van der Waals surface area contributed by atoms with E-state index in [1.165, 1.54) is 28.6 Å². The predicted molar refractivity (Wildman–Crippen MR) is 104 cm³/mol. The molecule has 0 unspecified atom stereocenters. The number of alkyl halides is 2. The summed E-state index contributed by atoms with van der Waals surface area (Å²) in [5, 5.41) is 2.80. The van der Waals surface area contributed by atoms with Gasteiger partial charge >= 0.3 is 0 Å². The first kappa shape index (κ1) is 20.7. The number of nitrogens with zero attached hydrogens (tertiary/aromatic N) is 1. The summed E-state index contributed by atoms with van der Waals surface area (Å²) in [5.41, 5.74) is 1.37. The summed E-state index contributed by atoms with van der Waals surface area (Å²) in [6.45, 7) is 0.755. The van der Waals surface area contributed by atoms with E-state index >= 15 is 0 Å². The smallest absolute Gasteiger partial charge is 0.251 e. The van der Waals surface area contributed by atoms with Crippen molar-refractivity contribution in [2.75, 3.05) is 24.8 Å². The van der Waals surface area contributed by atoms with Gasteiger partial charge in [0.15, 0.2) is 0 Å². The molecule has 1 amide bonds. The number of rotatable bonds is 9. The number of amides is 1. The minimum absolute atomic E-state index is 0.104. The van der Waals surface area contributed by atoms with E-state index < -0.39 is 10.0 Å². The molecule has 2 aromatic rings. The fourth-order valence-corrected chi connectivity index (χ4v) is 4.40. The topological polar surface area (TPSA) is 66.5 Å². The third-order valence-corrected chi connectivity index (χ3v) is 5.97. The summed E-state index contributed by atoms with van der Waals surface area (Å²) in [6.07, 6.45) is 0. The standard InChI is InChI=1S/C18H20Cl2N2O3S/c19-10-12-22(13-11-20)26(24,25)17-8-6-16(7-9-17)18(23)21-14-15-4-2-1-3-5-15/h1-9H,10-14H2,(H,21,23). The van der Waals surface area contributed by atoms with Gasteiger partial charge in [-0.3, -0.25) is 4.79 Å². The van der Waals surface area contributed by atoms with Gasteiger partial charge in [0.1, 0.15) is 0 Å². The highest BCUT2D eigenvalue weighted by Crippen LogP contribution is 2.17. The Morgan fingerprint density at radius 2 is 1.50 bits per heavy atom. The molecule has 1 N–H and O–H groups in total. The lowest BCUT2D eigenvalue weighted by Crippen LogP contribution is -2.34. The van der Waals surface area contributed by atoms with E-state index in [-0.39, 0.29) is 35.7 Å². The Morgan fingerprint density at radius 1 is 0.923 bits per heavy atom. The van der Waals surface area contributed by atoms with Crippen molar-refractivity contribution in [3.05, 3.63) is 65.7 Å². The highest BCUT2D eigenvalue weighted by Gasteiger charge is 2.23. The SMILES string of the molecule is O=C(NCc1ccccc1)c1ccc(S(=O)(=O)N(CCCl)CCCl)cc1. The summed E-state index contributed by atoms with van der Waals surface area (Å²) < 4.78 is 26.5. The van der Waals surface area contributed by atoms with Crippen LogP contribution in [0.15, 0.2) is 59.5 Å². The van der Waals surface area contributed by atoms with E-state index in [2.05, 4.69) is 5.32 Å². The minimum Gasteiger partial charge on any atom is -0.348 e. The van der Waals surface area contributed by atoms with Crippen LogP contribution in [-0.2, 0) is 16.6 Å². The molecule has 0 radical (unpaired) electrons. The number of hydrogen-bond acceptors (Lipinski definition) is 3. The van der Waals surface area contributed by atoms with Crippen LogP contribution in [0.5, 0.6) is 0 Å². The van der Waals surface area contributed by atoms with Gasteiger partial charge in [0.05, 0.1) is 4.90 Å². The molecule has 0 aromatic heterocycles. The molecular formula is C18H20Cl2N2O3S. The lowest BCUT2D eigenvalue weighted by atomic mass is 10.2. The Kier molecular flexibility index (Phi) is 7.90. The quantitative estimate of drug-likeness (QED) is 0.641. The van der Waals surface area contributed by atoms with Gasteiger partial charge in [0, 0.05) is 37.0 Å². The van der Waals surface area contributed by atoms with Gasteiger partial charge in [0.25, 0.3) is 5.91 Å². The maximum absolute atomic E-state index is 12.6. The average Bonchev–Trinajstić information content (AvgIpc) is 2.67. The van der Waals surface area contributed by atoms with E-state index in [4.69, 9.17) is 23.2 Å². The zero-order chi connectivity index (χ0) is 19.0. The third kappa shape index (κ3) is 5.45. The van der Waals surface area contributed by atoms with Crippen LogP contribution in [-0.4, -0.2) is 43.5 Å². The zero-order valence-corrected chi connectivity index (χ0v) is 16.4. The highest BCUT2D eigenvalue weighted by molar-refractivity contribution is 7.89. The molecular weight excluding hydrogens is 395 g/mol. The molecule has 0 aliphatic rings. The van der Waals surface area contributed by atoms with Crippen molar-refractivity contribution in [3.63, 3.8) is 0 Å². The van der Waals surface area contributed by atoms with E-state index in [0.29, 0.717) is 12.1 Å². The van der Waals surface area contributed by atoms with Crippen LogP contribution in [0.2, 0.25) is 0 Å². The first-order valence-corrected chi connectivity index (χ1v) is 10.5. The van der Waals surface area contributed by atoms with Crippen molar-refractivity contribution in [3.8, 4) is 0 Å². The summed E-state index contributed by atoms with van der Waals surface area (Å²) in [4.78, 5) is 12.3. The van der Waals surface area contributed by atoms with Crippen LogP contribution in [0.4, 0.5) is 0 Å². The number of carbonyl (C=O) groups excluding carboxylic acids is 1. The second-order valence-electron chi connectivity index (χ2n) is 5.47. The average molecular weight is 415 g/mol. The van der Waals surface area contributed by atoms with Crippen LogP contribution >= 0.6 is 23.2 Å². The van der Waals surface area contributed by atoms with Gasteiger partial charge in [-0.15, -0.1) is 23.2 Å². The Balaban J connectivity index is 2.07. The molecule has 26 heavy (non-hydrogen) atoms. The number of halogens is 2. The molecule has 0 heterocycles. The molecule has 0 saturated carbocycles. The van der Waals surface area contributed by atoms with Gasteiger partial charge in [-0.2, -0.15) is 4.31 Å². The van der Waals surface area contributed by atoms with Crippen LogP contribution in [0.25, 0.3) is 0 Å². The molecule has 2 aromatic carbocycles. The molecule has 5 nitrogen and oxygen atoms in total. The highest BCUT2D eigenvalue weighted by atomic mass is 35.5. The Morgan fingerprint density at radius 3 is 2.04 bits per heavy atom. The Labute approximate surface area is 164 Å². The molecule has 0 aliphatic heterocycles. The number of nitrogens with one attached hydrogen (secondary N) is 1. The zero-order valence-electron chi connectivity index (χ0n) is 14.1. The minimum atomic E-state index is -3.69. The van der Waals surface area contributed by atoms with Gasteiger partial charge in [0.2, 0.25) is 10.0 Å². The molecule has 140 valence electrons. The lowest BCUT2D eigenvalue weighted by Gasteiger charge is -2.20. The first-order valence-electron chi connectivity index (χ1n) is 8.03. The van der Waals surface area contributed by atoms with E-state index in [0.717, 1.165) is 5.56 Å². The number of benzene rings is 2. The summed E-state index contributed by atoms with van der Waals surface area (Å²) in [7, 11) is -3.69. The molecule has 0 aliphatic carbocycles. The van der Waals surface area contributed by atoms with Crippen molar-refractivity contribution < 1.29 is 13.2 Å². The van der Waals surface area contributed by atoms with Gasteiger partial charge < -0.3 is 5.32 Å². The normalized spacial score (nSPS) is 11.5. The van der Waals surface area contributed by atoms with Crippen molar-refractivity contribution >= 4 is 39.1 Å². The fourth-order valence-electron chi connectivity index (χ4n) is 2.35. The summed E-state index contributed by atoms with van der Waals surface area (Å²) in [5.74, 6) is 0.0859. The summed E-state index contributed by atoms with van der Waals surface area (Å²) in [6, 6.07) is 15.4. The van der Waals surface area contributed by atoms with Gasteiger partial charge in [-0.25, -0.2) is 8.42 Å². The van der Waals surface area contributed by atoms with Gasteiger partial charge in [-0.05, 0) is 29.8 Å². The van der Waals surface area contributed by atoms with Crippen LogP contribution in [0, 0.1) is 0 Å². The fraction of sp³-hybridized carbons (Fsp3) is 0.278. The number of sulfonamides is 1. The molecule has 2 rings (SSSR count). The van der Waals surface area contributed by atoms with Crippen LogP contribution in [0.3, 0.4) is 0 Å². The van der Waals surface area contributed by atoms with Crippen molar-refractivity contribution in [1.29, 1.82) is 0 Å². The third-order valence-electron chi connectivity index (χ3n) is 3.72. The van der Waals surface area contributed by atoms with E-state index in [1.807, 2.05) is 30.3 Å². The molecule has 0 saturated heterocycles. The Hall–Kier alpha value is -1.60. The second-order valence-corrected chi connectivity index (χ2v) is 8.17. The number of hydrogen-bond donors (Lipinski definition) is 1. The molecule has 0 bridgehead atoms. The van der Waals surface area contributed by atoms with E-state index in [9.17, 15) is 13.2 Å². The van der Waals surface area contributed by atoms with Crippen LogP contribution < -0.4 is 5.32 Å². The maximum atomic E-state index is 12.6. The molecule has 0 spiro atoms. The van der Waals surface area contributed by atoms with Crippen molar-refractivity contribution in [1.82, 2.24) is 9.62 Å². The van der Waals surface area contributed by atoms with Gasteiger partial charge in [-0.1, -0.05) is 30.3 Å². The maximum Gasteiger partial charge on any atom is 0.251 e. The molecule has 0 fully saturated rings. The lowest BCUT2D eigenvalue weighted by molar-refractivity contribution is 0.0951. The van der Waals surface area contributed by atoms with Crippen molar-refractivity contribution in [2.45, 2.75) is 11.4 Å². The molecule has 0 atom stereocenters. The van der Waals surface area contributed by atoms with E-state index in [1.54, 1.807) is 0 Å². The summed E-state index contributed by atoms with van der Waals surface area (Å²) >= 11 is 11.4. The number of carbonyl (C=O) groups is 1. The largest absolute Gasteiger partial charge is 0.348 e. The van der Waals surface area contributed by atoms with Crippen LogP contribution in [0.1, 0.15) is 15.9 Å². The first-order chi connectivity index (χ1) is 12.5. The Bertz CT molecular complexity index is 806. The second kappa shape index (κ2) is 9.92. The van der Waals surface area contributed by atoms with Crippen molar-refractivity contribution in [2.24, 2.45) is 0 Å². The monoisotopic (exact) mass is 414 g/mol. The molecule has 8 heteroatoms.